The van der Waals surface area contributed by atoms with Crippen LogP contribution in [0, 0.1) is 5.82 Å². The Kier molecular flexibility index (Phi) is 2.04. The second kappa shape index (κ2) is 3.42. The van der Waals surface area contributed by atoms with Crippen molar-refractivity contribution in [1.82, 2.24) is 15.1 Å². The molecule has 0 aliphatic carbocycles. The van der Waals surface area contributed by atoms with Crippen molar-refractivity contribution in [2.45, 2.75) is 13.1 Å². The molecule has 2 aromatic rings. The first-order chi connectivity index (χ1) is 7.77. The molecule has 0 radical (unpaired) electrons. The zero-order chi connectivity index (χ0) is 11.1. The Balaban J connectivity index is 2.21. The quantitative estimate of drug-likeness (QED) is 0.789. The second-order valence-corrected chi connectivity index (χ2v) is 3.98. The highest BCUT2D eigenvalue weighted by atomic mass is 19.1. The summed E-state index contributed by atoms with van der Waals surface area (Å²) >= 11 is 0. The number of fused-ring (bicyclic) bond motifs is 1. The van der Waals surface area contributed by atoms with E-state index < -0.39 is 0 Å². The lowest BCUT2D eigenvalue weighted by Gasteiger charge is -2.01. The van der Waals surface area contributed by atoms with Gasteiger partial charge in [-0.05, 0) is 12.1 Å². The highest BCUT2D eigenvalue weighted by molar-refractivity contribution is 5.65. The molecule has 0 unspecified atom stereocenters. The summed E-state index contributed by atoms with van der Waals surface area (Å²) in [6, 6.07) is 6.77. The van der Waals surface area contributed by atoms with E-state index in [1.165, 1.54) is 6.07 Å². The molecule has 0 saturated carbocycles. The Bertz CT molecular complexity index is 545. The van der Waals surface area contributed by atoms with Gasteiger partial charge in [0.25, 0.3) is 0 Å². The summed E-state index contributed by atoms with van der Waals surface area (Å²) in [5.74, 6) is -0.213. The molecule has 1 aromatic heterocycles. The van der Waals surface area contributed by atoms with Crippen LogP contribution in [-0.2, 0) is 20.1 Å². The molecule has 3 nitrogen and oxygen atoms in total. The molecule has 0 amide bonds. The van der Waals surface area contributed by atoms with E-state index in [1.54, 1.807) is 12.1 Å². The van der Waals surface area contributed by atoms with Crippen molar-refractivity contribution in [3.63, 3.8) is 0 Å². The van der Waals surface area contributed by atoms with E-state index in [1.807, 2.05) is 17.8 Å². The molecule has 0 saturated heterocycles. The van der Waals surface area contributed by atoms with Crippen LogP contribution in [0.5, 0.6) is 0 Å². The molecular weight excluding hydrogens is 205 g/mol. The first-order valence-corrected chi connectivity index (χ1v) is 5.27. The summed E-state index contributed by atoms with van der Waals surface area (Å²) in [6.45, 7) is 1.58. The first kappa shape index (κ1) is 9.54. The lowest BCUT2D eigenvalue weighted by molar-refractivity contribution is 0.627. The van der Waals surface area contributed by atoms with Crippen LogP contribution in [0.3, 0.4) is 0 Å². The van der Waals surface area contributed by atoms with Gasteiger partial charge in [-0.2, -0.15) is 5.10 Å². The van der Waals surface area contributed by atoms with Crippen LogP contribution in [-0.4, -0.2) is 9.78 Å². The summed E-state index contributed by atoms with van der Waals surface area (Å²) in [7, 11) is 1.90. The summed E-state index contributed by atoms with van der Waals surface area (Å²) in [5, 5.41) is 7.65. The summed E-state index contributed by atoms with van der Waals surface area (Å²) in [4.78, 5) is 0. The first-order valence-electron chi connectivity index (χ1n) is 5.27. The molecule has 0 spiro atoms. The third-order valence-electron chi connectivity index (χ3n) is 3.00. The molecule has 1 aromatic carbocycles. The van der Waals surface area contributed by atoms with E-state index in [0.29, 0.717) is 5.56 Å². The van der Waals surface area contributed by atoms with Gasteiger partial charge in [-0.1, -0.05) is 12.1 Å². The van der Waals surface area contributed by atoms with Crippen molar-refractivity contribution in [1.29, 1.82) is 0 Å². The van der Waals surface area contributed by atoms with Crippen LogP contribution in [0.25, 0.3) is 11.3 Å². The minimum atomic E-state index is -0.213. The zero-order valence-electron chi connectivity index (χ0n) is 9.00. The zero-order valence-corrected chi connectivity index (χ0v) is 9.00. The van der Waals surface area contributed by atoms with E-state index in [2.05, 4.69) is 10.4 Å². The molecule has 16 heavy (non-hydrogen) atoms. The Hall–Kier alpha value is -1.68. The Morgan fingerprint density at radius 3 is 2.94 bits per heavy atom. The topological polar surface area (TPSA) is 29.9 Å². The van der Waals surface area contributed by atoms with Crippen LogP contribution in [0.15, 0.2) is 24.3 Å². The van der Waals surface area contributed by atoms with Crippen LogP contribution < -0.4 is 5.32 Å². The van der Waals surface area contributed by atoms with Crippen molar-refractivity contribution in [3.8, 4) is 11.3 Å². The Morgan fingerprint density at radius 2 is 2.12 bits per heavy atom. The molecular formula is C12H12FN3. The maximum atomic E-state index is 13.7. The molecule has 82 valence electrons. The monoisotopic (exact) mass is 217 g/mol. The second-order valence-electron chi connectivity index (χ2n) is 3.98. The predicted molar refractivity (Wildman–Crippen MR) is 59.1 cm³/mol. The molecule has 1 N–H and O–H groups in total. The fourth-order valence-corrected chi connectivity index (χ4v) is 2.19. The molecule has 2 heterocycles. The van der Waals surface area contributed by atoms with Crippen LogP contribution in [0.1, 0.15) is 11.3 Å². The standard InChI is InChI=1S/C12H12FN3/c1-16-11-7-14-6-9(11)12(15-16)8-4-2-3-5-10(8)13/h2-5,14H,6-7H2,1H3. The molecule has 3 rings (SSSR count). The smallest absolute Gasteiger partial charge is 0.132 e. The van der Waals surface area contributed by atoms with Gasteiger partial charge >= 0.3 is 0 Å². The molecule has 0 atom stereocenters. The van der Waals surface area contributed by atoms with Gasteiger partial charge in [0.1, 0.15) is 11.5 Å². The number of hydrogen-bond donors (Lipinski definition) is 1. The third-order valence-corrected chi connectivity index (χ3v) is 3.00. The van der Waals surface area contributed by atoms with E-state index in [-0.39, 0.29) is 5.82 Å². The van der Waals surface area contributed by atoms with E-state index >= 15 is 0 Å². The molecule has 4 heteroatoms. The minimum Gasteiger partial charge on any atom is -0.307 e. The van der Waals surface area contributed by atoms with Gasteiger partial charge in [0, 0.05) is 31.3 Å². The lowest BCUT2D eigenvalue weighted by atomic mass is 10.1. The lowest BCUT2D eigenvalue weighted by Crippen LogP contribution is -2.06. The van der Waals surface area contributed by atoms with Gasteiger partial charge in [-0.3, -0.25) is 4.68 Å². The molecule has 1 aliphatic rings. The maximum Gasteiger partial charge on any atom is 0.132 e. The van der Waals surface area contributed by atoms with Crippen LogP contribution >= 0.6 is 0 Å². The Morgan fingerprint density at radius 1 is 1.31 bits per heavy atom. The van der Waals surface area contributed by atoms with Crippen molar-refractivity contribution in [2.75, 3.05) is 0 Å². The number of rotatable bonds is 1. The number of aromatic nitrogens is 2. The van der Waals surface area contributed by atoms with Gasteiger partial charge in [0.05, 0.1) is 5.69 Å². The van der Waals surface area contributed by atoms with Gasteiger partial charge in [-0.25, -0.2) is 4.39 Å². The summed E-state index contributed by atoms with van der Waals surface area (Å²) in [5.41, 5.74) is 3.62. The largest absolute Gasteiger partial charge is 0.307 e. The van der Waals surface area contributed by atoms with Crippen molar-refractivity contribution >= 4 is 0 Å². The average molecular weight is 217 g/mol. The number of benzene rings is 1. The van der Waals surface area contributed by atoms with E-state index in [4.69, 9.17) is 0 Å². The average Bonchev–Trinajstić information content (AvgIpc) is 2.84. The van der Waals surface area contributed by atoms with Crippen LogP contribution in [0.2, 0.25) is 0 Å². The number of hydrogen-bond acceptors (Lipinski definition) is 2. The highest BCUT2D eigenvalue weighted by Gasteiger charge is 2.22. The number of nitrogens with one attached hydrogen (secondary N) is 1. The van der Waals surface area contributed by atoms with Gasteiger partial charge in [-0.15, -0.1) is 0 Å². The SMILES string of the molecule is Cn1nc(-c2ccccc2F)c2c1CNC2. The van der Waals surface area contributed by atoms with Crippen molar-refractivity contribution < 1.29 is 4.39 Å². The van der Waals surface area contributed by atoms with Crippen LogP contribution in [0.4, 0.5) is 4.39 Å². The third kappa shape index (κ3) is 1.27. The van der Waals surface area contributed by atoms with E-state index in [9.17, 15) is 4.39 Å². The van der Waals surface area contributed by atoms with Crippen molar-refractivity contribution in [3.05, 3.63) is 41.3 Å². The molecule has 0 fully saturated rings. The number of nitrogens with zero attached hydrogens (tertiary/aromatic N) is 2. The summed E-state index contributed by atoms with van der Waals surface area (Å²) in [6.07, 6.45) is 0. The fourth-order valence-electron chi connectivity index (χ4n) is 2.19. The molecule has 1 aliphatic heterocycles. The van der Waals surface area contributed by atoms with Gasteiger partial charge in [0.15, 0.2) is 0 Å². The number of halogens is 1. The summed E-state index contributed by atoms with van der Waals surface area (Å²) < 4.78 is 15.5. The maximum absolute atomic E-state index is 13.7. The minimum absolute atomic E-state index is 0.213. The van der Waals surface area contributed by atoms with Gasteiger partial charge in [0.2, 0.25) is 0 Å². The predicted octanol–water partition coefficient (Wildman–Crippen LogP) is 1.83. The van der Waals surface area contributed by atoms with Gasteiger partial charge < -0.3 is 5.32 Å². The van der Waals surface area contributed by atoms with Crippen molar-refractivity contribution in [2.24, 2.45) is 7.05 Å². The fraction of sp³-hybridized carbons (Fsp3) is 0.250. The van der Waals surface area contributed by atoms with E-state index in [0.717, 1.165) is 30.0 Å². The molecule has 0 bridgehead atoms. The Labute approximate surface area is 92.9 Å². The highest BCUT2D eigenvalue weighted by Crippen LogP contribution is 2.29. The number of aryl methyl sites for hydroxylation is 1. The normalized spacial score (nSPS) is 14.1.